The van der Waals surface area contributed by atoms with E-state index in [1.807, 2.05) is 99.1 Å². The van der Waals surface area contributed by atoms with Gasteiger partial charge in [-0.15, -0.1) is 11.3 Å². The summed E-state index contributed by atoms with van der Waals surface area (Å²) in [7, 11) is 7.02. The third kappa shape index (κ3) is 14.3. The number of aliphatic hydroxyl groups excluding tert-OH is 1. The molecule has 1 saturated heterocycles. The summed E-state index contributed by atoms with van der Waals surface area (Å²) >= 11 is 1.51. The maximum absolute atomic E-state index is 14.4. The van der Waals surface area contributed by atoms with Crippen molar-refractivity contribution in [2.45, 2.75) is 143 Å². The average molecular weight is 859 g/mol. The minimum absolute atomic E-state index is 0.0326. The van der Waals surface area contributed by atoms with Gasteiger partial charge in [-0.2, -0.15) is 0 Å². The largest absolute Gasteiger partial charge is 0.380 e. The lowest BCUT2D eigenvalue weighted by atomic mass is 9.89. The van der Waals surface area contributed by atoms with Crippen molar-refractivity contribution in [2.24, 2.45) is 23.7 Å². The van der Waals surface area contributed by atoms with E-state index in [9.17, 15) is 19.5 Å². The minimum atomic E-state index is -1.06. The summed E-state index contributed by atoms with van der Waals surface area (Å²) in [6, 6.07) is 8.09. The zero-order valence-corrected chi connectivity index (χ0v) is 39.5. The van der Waals surface area contributed by atoms with Gasteiger partial charge in [-0.3, -0.25) is 24.2 Å². The van der Waals surface area contributed by atoms with Crippen LogP contribution in [0.4, 0.5) is 0 Å². The zero-order chi connectivity index (χ0) is 44.5. The van der Waals surface area contributed by atoms with Crippen molar-refractivity contribution >= 4 is 29.1 Å². The number of likely N-dealkylation sites (N-methyl/N-ethyl adjacent to an activating group) is 2. The van der Waals surface area contributed by atoms with Gasteiger partial charge in [0.2, 0.25) is 17.7 Å². The van der Waals surface area contributed by atoms with Crippen molar-refractivity contribution in [3.05, 3.63) is 52.5 Å². The number of benzene rings is 1. The number of likely N-dealkylation sites (tertiary alicyclic amines) is 1. The van der Waals surface area contributed by atoms with Crippen LogP contribution in [0.2, 0.25) is 0 Å². The normalized spacial score (nSPS) is 19.2. The molecule has 13 nitrogen and oxygen atoms in total. The molecule has 1 unspecified atom stereocenters. The molecule has 0 aliphatic carbocycles. The summed E-state index contributed by atoms with van der Waals surface area (Å²) in [5.74, 6) is -0.952. The SMILES string of the molecule is CCCOCCN(C)[C@H](C(=O)N[C@@H](C(C)C)C(O)N(C)[C@@H]([C@@H](C)CC)[C@@H](CC(=O)N1CCC[C@H]1[C@H](OC)[C@@H](C)C(=O)N[C@@H](Cc1ccccc1)c1nccs1)OC)C(C)C. The van der Waals surface area contributed by atoms with Crippen LogP contribution >= 0.6 is 11.3 Å². The van der Waals surface area contributed by atoms with E-state index in [1.165, 1.54) is 11.3 Å². The standard InChI is InChI=1S/C46H78N6O7S/c1-13-25-59-26-24-50(9)40(31(5)6)44(55)49-39(30(3)4)46(56)51(10)41(32(7)14-2)37(57-11)29-38(53)52-23-18-21-36(52)42(58-12)33(8)43(54)48-35(45-47-22-27-60-45)28-34-19-16-15-17-20-34/h15-17,19-20,22,27,30-33,35-37,39-42,46,56H,13-14,18,21,23-26,28-29H2,1-12H3,(H,48,54)(H,49,55)/t32-,33+,35-,36-,37+,39-,40-,41-,42+,46?/m0/s1. The number of thiazole rings is 1. The molecule has 60 heavy (non-hydrogen) atoms. The Hall–Kier alpha value is -2.98. The fraction of sp³-hybridized carbons (Fsp3) is 0.739. The van der Waals surface area contributed by atoms with Gasteiger partial charge in [-0.05, 0) is 63.1 Å². The van der Waals surface area contributed by atoms with E-state index in [1.54, 1.807) is 20.4 Å². The zero-order valence-electron chi connectivity index (χ0n) is 38.6. The Balaban J connectivity index is 1.77. The second kappa shape index (κ2) is 25.8. The first-order valence-corrected chi connectivity index (χ1v) is 23.1. The van der Waals surface area contributed by atoms with Crippen LogP contribution in [0.25, 0.3) is 0 Å². The van der Waals surface area contributed by atoms with Crippen molar-refractivity contribution in [3.63, 3.8) is 0 Å². The molecule has 10 atom stereocenters. The molecule has 3 N–H and O–H groups in total. The summed E-state index contributed by atoms with van der Waals surface area (Å²) in [6.07, 6.45) is 3.51. The van der Waals surface area contributed by atoms with Gasteiger partial charge in [-0.25, -0.2) is 4.98 Å². The van der Waals surface area contributed by atoms with E-state index >= 15 is 0 Å². The first-order valence-electron chi connectivity index (χ1n) is 22.2. The Morgan fingerprint density at radius 1 is 0.967 bits per heavy atom. The summed E-state index contributed by atoms with van der Waals surface area (Å²) < 4.78 is 17.9. The number of aliphatic hydroxyl groups is 1. The second-order valence-electron chi connectivity index (χ2n) is 17.4. The molecule has 1 aromatic heterocycles. The number of amides is 3. The number of carbonyl (C=O) groups excluding carboxylic acids is 3. The summed E-state index contributed by atoms with van der Waals surface area (Å²) in [4.78, 5) is 52.6. The van der Waals surface area contributed by atoms with Crippen LogP contribution in [0.15, 0.2) is 41.9 Å². The van der Waals surface area contributed by atoms with E-state index in [-0.39, 0.29) is 60.0 Å². The van der Waals surface area contributed by atoms with Crippen molar-refractivity contribution in [1.82, 2.24) is 30.3 Å². The summed E-state index contributed by atoms with van der Waals surface area (Å²) in [5, 5.41) is 21.3. The molecule has 2 heterocycles. The Morgan fingerprint density at radius 2 is 1.67 bits per heavy atom. The predicted octanol–water partition coefficient (Wildman–Crippen LogP) is 5.78. The van der Waals surface area contributed by atoms with Crippen LogP contribution in [0.3, 0.4) is 0 Å². The molecule has 340 valence electrons. The third-order valence-corrected chi connectivity index (χ3v) is 13.2. The fourth-order valence-corrected chi connectivity index (χ4v) is 9.51. The molecule has 0 saturated carbocycles. The smallest absolute Gasteiger partial charge is 0.237 e. The quantitative estimate of drug-likeness (QED) is 0.0748. The Kier molecular flexibility index (Phi) is 22.1. The maximum Gasteiger partial charge on any atom is 0.237 e. The van der Waals surface area contributed by atoms with Crippen LogP contribution in [-0.4, -0.2) is 140 Å². The number of methoxy groups -OCH3 is 2. The van der Waals surface area contributed by atoms with Crippen LogP contribution in [0, 0.1) is 23.7 Å². The van der Waals surface area contributed by atoms with Crippen LogP contribution in [0.1, 0.15) is 104 Å². The van der Waals surface area contributed by atoms with Crippen LogP contribution < -0.4 is 10.6 Å². The van der Waals surface area contributed by atoms with Crippen LogP contribution in [0.5, 0.6) is 0 Å². The molecule has 2 aromatic rings. The van der Waals surface area contributed by atoms with Crippen LogP contribution in [-0.2, 0) is 35.0 Å². The maximum atomic E-state index is 14.4. The summed E-state index contributed by atoms with van der Waals surface area (Å²) in [5.41, 5.74) is 1.10. The number of nitrogens with one attached hydrogen (secondary N) is 2. The molecule has 0 spiro atoms. The van der Waals surface area contributed by atoms with E-state index in [2.05, 4.69) is 36.4 Å². The lowest BCUT2D eigenvalue weighted by molar-refractivity contribution is -0.146. The minimum Gasteiger partial charge on any atom is -0.380 e. The highest BCUT2D eigenvalue weighted by atomic mass is 32.1. The molecule has 1 fully saturated rings. The Bertz CT molecular complexity index is 1530. The van der Waals surface area contributed by atoms with Gasteiger partial charge in [0.1, 0.15) is 11.2 Å². The first-order chi connectivity index (χ1) is 28.6. The monoisotopic (exact) mass is 859 g/mol. The second-order valence-corrected chi connectivity index (χ2v) is 18.3. The van der Waals surface area contributed by atoms with E-state index in [0.29, 0.717) is 39.1 Å². The lowest BCUT2D eigenvalue weighted by Crippen LogP contribution is -2.62. The van der Waals surface area contributed by atoms with E-state index < -0.39 is 36.4 Å². The third-order valence-electron chi connectivity index (χ3n) is 12.4. The Labute approximate surface area is 365 Å². The number of hydrogen-bond acceptors (Lipinski definition) is 11. The average Bonchev–Trinajstić information content (AvgIpc) is 3.95. The number of aromatic nitrogens is 1. The van der Waals surface area contributed by atoms with Gasteiger partial charge in [0.25, 0.3) is 0 Å². The molecular formula is C46H78N6O7S. The van der Waals surface area contributed by atoms with Crippen molar-refractivity contribution in [3.8, 4) is 0 Å². The number of carbonyl (C=O) groups is 3. The summed E-state index contributed by atoms with van der Waals surface area (Å²) in [6.45, 7) is 18.6. The topological polar surface area (TPSA) is 146 Å². The van der Waals surface area contributed by atoms with E-state index in [0.717, 1.165) is 29.8 Å². The first kappa shape index (κ1) is 51.4. The van der Waals surface area contributed by atoms with Gasteiger partial charge in [0.05, 0.1) is 55.3 Å². The molecule has 3 amide bonds. The van der Waals surface area contributed by atoms with Gasteiger partial charge in [-0.1, -0.05) is 92.1 Å². The highest BCUT2D eigenvalue weighted by Gasteiger charge is 2.43. The van der Waals surface area contributed by atoms with E-state index in [4.69, 9.17) is 14.2 Å². The molecular weight excluding hydrogens is 781 g/mol. The molecule has 1 aliphatic heterocycles. The number of nitrogens with zero attached hydrogens (tertiary/aromatic N) is 4. The number of rotatable bonds is 27. The lowest BCUT2D eigenvalue weighted by Gasteiger charge is -2.44. The molecule has 3 rings (SSSR count). The predicted molar refractivity (Wildman–Crippen MR) is 239 cm³/mol. The number of ether oxygens (including phenoxy) is 3. The molecule has 1 aromatic carbocycles. The van der Waals surface area contributed by atoms with Gasteiger partial charge < -0.3 is 34.9 Å². The Morgan fingerprint density at radius 3 is 2.23 bits per heavy atom. The van der Waals surface area contributed by atoms with Gasteiger partial charge in [0, 0.05) is 51.5 Å². The van der Waals surface area contributed by atoms with Gasteiger partial charge >= 0.3 is 0 Å². The molecule has 0 bridgehead atoms. The fourth-order valence-electron chi connectivity index (χ4n) is 8.82. The van der Waals surface area contributed by atoms with Crippen molar-refractivity contribution in [1.29, 1.82) is 0 Å². The molecule has 14 heteroatoms. The van der Waals surface area contributed by atoms with Crippen molar-refractivity contribution < 1.29 is 33.7 Å². The highest BCUT2D eigenvalue weighted by Crippen LogP contribution is 2.31. The van der Waals surface area contributed by atoms with Gasteiger partial charge in [0.15, 0.2) is 0 Å². The highest BCUT2D eigenvalue weighted by molar-refractivity contribution is 7.09. The van der Waals surface area contributed by atoms with Crippen molar-refractivity contribution in [2.75, 3.05) is 54.6 Å². The molecule has 0 radical (unpaired) electrons. The molecule has 1 aliphatic rings. The number of hydrogen-bond donors (Lipinski definition) is 3.